The number of carbonyl (C=O) groups is 1. The lowest BCUT2D eigenvalue weighted by Crippen LogP contribution is -2.01. The van der Waals surface area contributed by atoms with Crippen LogP contribution in [0, 0.1) is 0 Å². The number of oxazole rings is 1. The first-order valence-electron chi connectivity index (χ1n) is 6.02. The Balaban J connectivity index is 2.61. The zero-order valence-electron chi connectivity index (χ0n) is 11.3. The molecular weight excluding hydrogens is 282 g/mol. The Morgan fingerprint density at radius 3 is 2.65 bits per heavy atom. The molecule has 0 bridgehead atoms. The van der Waals surface area contributed by atoms with Crippen LogP contribution in [-0.2, 0) is 0 Å². The number of aromatic nitrogens is 1. The molecule has 0 atom stereocenters. The number of nitrogens with zero attached hydrogens (tertiary/aromatic N) is 1. The summed E-state index contributed by atoms with van der Waals surface area (Å²) in [5.74, 6) is -0.664. The van der Waals surface area contributed by atoms with Crippen LogP contribution >= 0.6 is 11.6 Å². The summed E-state index contributed by atoms with van der Waals surface area (Å²) in [7, 11) is 1.51. The first-order valence-corrected chi connectivity index (χ1v) is 6.39. The van der Waals surface area contributed by atoms with Crippen LogP contribution in [0.1, 0.15) is 36.0 Å². The van der Waals surface area contributed by atoms with Gasteiger partial charge in [0.2, 0.25) is 11.7 Å². The average molecular weight is 296 g/mol. The fraction of sp³-hybridized carbons (Fsp3) is 0.286. The Kier molecular flexibility index (Phi) is 3.99. The first-order chi connectivity index (χ1) is 9.43. The number of carboxylic acid groups (broad SMARTS) is 1. The Hall–Kier alpha value is -2.01. The zero-order chi connectivity index (χ0) is 14.9. The molecule has 6 heteroatoms. The van der Waals surface area contributed by atoms with E-state index in [9.17, 15) is 4.79 Å². The van der Waals surface area contributed by atoms with Gasteiger partial charge >= 0.3 is 5.97 Å². The minimum Gasteiger partial charge on any atom is -0.496 e. The molecule has 1 N–H and O–H groups in total. The van der Waals surface area contributed by atoms with Gasteiger partial charge in [-0.2, -0.15) is 0 Å². The van der Waals surface area contributed by atoms with Gasteiger partial charge in [-0.1, -0.05) is 25.4 Å². The molecule has 0 aliphatic heterocycles. The van der Waals surface area contributed by atoms with Gasteiger partial charge in [0, 0.05) is 5.02 Å². The summed E-state index contributed by atoms with van der Waals surface area (Å²) in [5.41, 5.74) is 0.920. The third-order valence-corrected chi connectivity index (χ3v) is 3.02. The number of ether oxygens (including phenoxy) is 1. The maximum Gasteiger partial charge on any atom is 0.373 e. The molecule has 0 aliphatic rings. The molecule has 0 saturated heterocycles. The van der Waals surface area contributed by atoms with Gasteiger partial charge in [0.1, 0.15) is 5.75 Å². The number of halogens is 1. The van der Waals surface area contributed by atoms with E-state index in [2.05, 4.69) is 4.98 Å². The Morgan fingerprint density at radius 2 is 2.15 bits per heavy atom. The van der Waals surface area contributed by atoms with Gasteiger partial charge in [0.25, 0.3) is 0 Å². The van der Waals surface area contributed by atoms with Crippen molar-refractivity contribution in [3.8, 4) is 17.2 Å². The van der Waals surface area contributed by atoms with Gasteiger partial charge in [0.05, 0.1) is 18.4 Å². The molecule has 106 valence electrons. The molecule has 2 rings (SSSR count). The van der Waals surface area contributed by atoms with Gasteiger partial charge in [-0.3, -0.25) is 0 Å². The van der Waals surface area contributed by atoms with E-state index >= 15 is 0 Å². The highest BCUT2D eigenvalue weighted by Gasteiger charge is 2.24. The minimum atomic E-state index is -1.14. The van der Waals surface area contributed by atoms with Crippen LogP contribution in [0.2, 0.25) is 5.02 Å². The Morgan fingerprint density at radius 1 is 1.45 bits per heavy atom. The fourth-order valence-corrected chi connectivity index (χ4v) is 2.01. The standard InChI is InChI=1S/C14H14ClNO4/c1-7(2)11-12(14(17)18)20-13(16-11)9-6-8(15)4-5-10(9)19-3/h4-7H,1-3H3,(H,17,18). The monoisotopic (exact) mass is 295 g/mol. The van der Waals surface area contributed by atoms with Crippen molar-refractivity contribution in [3.63, 3.8) is 0 Å². The van der Waals surface area contributed by atoms with Crippen LogP contribution in [0.3, 0.4) is 0 Å². The van der Waals surface area contributed by atoms with E-state index in [1.165, 1.54) is 7.11 Å². The van der Waals surface area contributed by atoms with Crippen molar-refractivity contribution >= 4 is 17.6 Å². The highest BCUT2D eigenvalue weighted by molar-refractivity contribution is 6.30. The molecule has 1 aromatic heterocycles. The molecule has 0 saturated carbocycles. The van der Waals surface area contributed by atoms with E-state index in [0.29, 0.717) is 22.0 Å². The molecule has 1 heterocycles. The van der Waals surface area contributed by atoms with E-state index in [-0.39, 0.29) is 17.6 Å². The number of rotatable bonds is 4. The van der Waals surface area contributed by atoms with Crippen LogP contribution in [0.15, 0.2) is 22.6 Å². The van der Waals surface area contributed by atoms with Crippen LogP contribution in [0.4, 0.5) is 0 Å². The third kappa shape index (κ3) is 2.63. The maximum atomic E-state index is 11.2. The number of hydrogen-bond donors (Lipinski definition) is 1. The largest absolute Gasteiger partial charge is 0.496 e. The molecule has 0 amide bonds. The molecule has 5 nitrogen and oxygen atoms in total. The minimum absolute atomic E-state index is 0.0659. The van der Waals surface area contributed by atoms with Crippen molar-refractivity contribution in [1.82, 2.24) is 4.98 Å². The number of aromatic carboxylic acids is 1. The number of carboxylic acids is 1. The van der Waals surface area contributed by atoms with Crippen molar-refractivity contribution in [2.45, 2.75) is 19.8 Å². The highest BCUT2D eigenvalue weighted by Crippen LogP contribution is 2.34. The molecular formula is C14H14ClNO4. The molecule has 0 aliphatic carbocycles. The summed E-state index contributed by atoms with van der Waals surface area (Å²) in [6.45, 7) is 3.70. The van der Waals surface area contributed by atoms with Crippen molar-refractivity contribution in [2.75, 3.05) is 7.11 Å². The van der Waals surface area contributed by atoms with Gasteiger partial charge in [0.15, 0.2) is 0 Å². The molecule has 0 spiro atoms. The van der Waals surface area contributed by atoms with E-state index < -0.39 is 5.97 Å². The first kappa shape index (κ1) is 14.4. The summed E-state index contributed by atoms with van der Waals surface area (Å²) >= 11 is 5.95. The summed E-state index contributed by atoms with van der Waals surface area (Å²) in [6, 6.07) is 4.98. The van der Waals surface area contributed by atoms with Gasteiger partial charge < -0.3 is 14.3 Å². The SMILES string of the molecule is COc1ccc(Cl)cc1-c1nc(C(C)C)c(C(=O)O)o1. The summed E-state index contributed by atoms with van der Waals surface area (Å²) in [4.78, 5) is 15.5. The van der Waals surface area contributed by atoms with E-state index in [1.54, 1.807) is 18.2 Å². The second-order valence-electron chi connectivity index (χ2n) is 4.54. The Labute approximate surface area is 121 Å². The zero-order valence-corrected chi connectivity index (χ0v) is 12.1. The summed E-state index contributed by atoms with van der Waals surface area (Å²) in [5, 5.41) is 9.65. The second-order valence-corrected chi connectivity index (χ2v) is 4.97. The van der Waals surface area contributed by atoms with Crippen molar-refractivity contribution in [2.24, 2.45) is 0 Å². The highest BCUT2D eigenvalue weighted by atomic mass is 35.5. The molecule has 0 unspecified atom stereocenters. The maximum absolute atomic E-state index is 11.2. The number of hydrogen-bond acceptors (Lipinski definition) is 4. The molecule has 0 radical (unpaired) electrons. The van der Waals surface area contributed by atoms with Gasteiger partial charge in [-0.25, -0.2) is 9.78 Å². The van der Waals surface area contributed by atoms with Crippen molar-refractivity contribution < 1.29 is 19.1 Å². The van der Waals surface area contributed by atoms with E-state index in [4.69, 9.17) is 25.9 Å². The third-order valence-electron chi connectivity index (χ3n) is 2.79. The van der Waals surface area contributed by atoms with Crippen LogP contribution in [0.25, 0.3) is 11.5 Å². The quantitative estimate of drug-likeness (QED) is 0.928. The summed E-state index contributed by atoms with van der Waals surface area (Å²) < 4.78 is 10.6. The fourth-order valence-electron chi connectivity index (χ4n) is 1.84. The van der Waals surface area contributed by atoms with Crippen molar-refractivity contribution in [3.05, 3.63) is 34.7 Å². The number of benzene rings is 1. The van der Waals surface area contributed by atoms with Crippen LogP contribution < -0.4 is 4.74 Å². The second kappa shape index (κ2) is 5.54. The molecule has 0 fully saturated rings. The predicted octanol–water partition coefficient (Wildman–Crippen LogP) is 3.83. The molecule has 20 heavy (non-hydrogen) atoms. The normalized spacial score (nSPS) is 10.8. The lowest BCUT2D eigenvalue weighted by atomic mass is 10.1. The predicted molar refractivity (Wildman–Crippen MR) is 74.5 cm³/mol. The van der Waals surface area contributed by atoms with Gasteiger partial charge in [-0.05, 0) is 24.1 Å². The van der Waals surface area contributed by atoms with E-state index in [0.717, 1.165) is 0 Å². The lowest BCUT2D eigenvalue weighted by Gasteiger charge is -2.05. The molecule has 1 aromatic carbocycles. The van der Waals surface area contributed by atoms with E-state index in [1.807, 2.05) is 13.8 Å². The Bertz CT molecular complexity index is 649. The van der Waals surface area contributed by atoms with Crippen LogP contribution in [-0.4, -0.2) is 23.2 Å². The molecule has 2 aromatic rings. The van der Waals surface area contributed by atoms with Gasteiger partial charge in [-0.15, -0.1) is 0 Å². The van der Waals surface area contributed by atoms with Crippen LogP contribution in [0.5, 0.6) is 5.75 Å². The lowest BCUT2D eigenvalue weighted by molar-refractivity contribution is 0.0661. The topological polar surface area (TPSA) is 72.6 Å². The smallest absolute Gasteiger partial charge is 0.373 e. The number of methoxy groups -OCH3 is 1. The average Bonchev–Trinajstić information content (AvgIpc) is 2.83. The summed E-state index contributed by atoms with van der Waals surface area (Å²) in [6.07, 6.45) is 0. The van der Waals surface area contributed by atoms with Crippen molar-refractivity contribution in [1.29, 1.82) is 0 Å².